The maximum atomic E-state index is 5.80. The van der Waals surface area contributed by atoms with Gasteiger partial charge in [0.25, 0.3) is 0 Å². The molecular weight excluding hydrogens is 270 g/mol. The van der Waals surface area contributed by atoms with Gasteiger partial charge < -0.3 is 15.5 Å². The third kappa shape index (κ3) is 2.50. The molecule has 108 valence electrons. The average molecular weight is 291 g/mol. The molecular formula is C14H21N5S. The Kier molecular flexibility index (Phi) is 3.85. The number of nitrogens with zero attached hydrogens (tertiary/aromatic N) is 4. The summed E-state index contributed by atoms with van der Waals surface area (Å²) in [6, 6.07) is 2.58. The number of nitrogens with two attached hydrogens (primary N) is 1. The van der Waals surface area contributed by atoms with Crippen molar-refractivity contribution in [3.05, 3.63) is 17.8 Å². The molecule has 2 aliphatic heterocycles. The summed E-state index contributed by atoms with van der Waals surface area (Å²) < 4.78 is 0. The van der Waals surface area contributed by atoms with E-state index in [2.05, 4.69) is 27.0 Å². The van der Waals surface area contributed by atoms with Crippen molar-refractivity contribution in [2.24, 2.45) is 11.7 Å². The monoisotopic (exact) mass is 291 g/mol. The third-order valence-electron chi connectivity index (χ3n) is 4.61. The van der Waals surface area contributed by atoms with Gasteiger partial charge in [-0.25, -0.2) is 0 Å². The topological polar surface area (TPSA) is 58.3 Å². The van der Waals surface area contributed by atoms with Crippen LogP contribution in [0.3, 0.4) is 0 Å². The highest BCUT2D eigenvalue weighted by atomic mass is 32.1. The van der Waals surface area contributed by atoms with Gasteiger partial charge in [-0.15, -0.1) is 5.10 Å². The number of thiocarbonyl (C=S) groups is 1. The molecule has 0 saturated carbocycles. The number of rotatable bonds is 2. The highest BCUT2D eigenvalue weighted by Crippen LogP contribution is 2.32. The smallest absolute Gasteiger partial charge is 0.161 e. The van der Waals surface area contributed by atoms with Crippen molar-refractivity contribution in [2.75, 3.05) is 31.6 Å². The number of hydrogen-bond acceptors (Lipinski definition) is 5. The molecule has 0 aliphatic carbocycles. The first-order valence-corrected chi connectivity index (χ1v) is 7.64. The van der Waals surface area contributed by atoms with Crippen molar-refractivity contribution < 1.29 is 0 Å². The van der Waals surface area contributed by atoms with Crippen molar-refractivity contribution in [1.82, 2.24) is 15.1 Å². The van der Waals surface area contributed by atoms with E-state index in [1.165, 1.54) is 25.8 Å². The average Bonchev–Trinajstić information content (AvgIpc) is 2.47. The van der Waals surface area contributed by atoms with Crippen molar-refractivity contribution in [1.29, 1.82) is 0 Å². The van der Waals surface area contributed by atoms with Gasteiger partial charge in [0.05, 0.1) is 11.8 Å². The number of fused-ring (bicyclic) bond motifs is 1. The third-order valence-corrected chi connectivity index (χ3v) is 4.83. The predicted octanol–water partition coefficient (Wildman–Crippen LogP) is 1.03. The van der Waals surface area contributed by atoms with Gasteiger partial charge in [-0.3, -0.25) is 0 Å². The SMILES string of the molecule is CN1CCCC2CN(c3nnccc3C(N)=S)CCC21. The molecule has 3 rings (SSSR count). The Morgan fingerprint density at radius 1 is 1.40 bits per heavy atom. The zero-order valence-corrected chi connectivity index (χ0v) is 12.6. The molecule has 6 heteroatoms. The van der Waals surface area contributed by atoms with Crippen molar-refractivity contribution in [2.45, 2.75) is 25.3 Å². The van der Waals surface area contributed by atoms with Crippen molar-refractivity contribution in [3.63, 3.8) is 0 Å². The Morgan fingerprint density at radius 3 is 3.05 bits per heavy atom. The van der Waals surface area contributed by atoms with Gasteiger partial charge in [-0.2, -0.15) is 5.10 Å². The van der Waals surface area contributed by atoms with Crippen molar-refractivity contribution in [3.8, 4) is 0 Å². The molecule has 2 fully saturated rings. The van der Waals surface area contributed by atoms with Crippen LogP contribution in [0.4, 0.5) is 5.82 Å². The van der Waals surface area contributed by atoms with Gasteiger partial charge in [0, 0.05) is 19.1 Å². The van der Waals surface area contributed by atoms with E-state index in [1.54, 1.807) is 6.20 Å². The van der Waals surface area contributed by atoms with E-state index in [9.17, 15) is 0 Å². The van der Waals surface area contributed by atoms with Crippen LogP contribution >= 0.6 is 12.2 Å². The Bertz CT molecular complexity index is 506. The van der Waals surface area contributed by atoms with E-state index in [1.807, 2.05) is 6.07 Å². The maximum Gasteiger partial charge on any atom is 0.161 e. The van der Waals surface area contributed by atoms with Gasteiger partial charge in [0.15, 0.2) is 5.82 Å². The zero-order chi connectivity index (χ0) is 14.1. The molecule has 1 aromatic heterocycles. The summed E-state index contributed by atoms with van der Waals surface area (Å²) in [5.41, 5.74) is 6.65. The molecule has 2 aliphatic rings. The fraction of sp³-hybridized carbons (Fsp3) is 0.643. The van der Waals surface area contributed by atoms with Crippen LogP contribution in [0.5, 0.6) is 0 Å². The predicted molar refractivity (Wildman–Crippen MR) is 83.9 cm³/mol. The molecule has 2 atom stereocenters. The van der Waals surface area contributed by atoms with Crippen LogP contribution in [-0.2, 0) is 0 Å². The largest absolute Gasteiger partial charge is 0.389 e. The van der Waals surface area contributed by atoms with Gasteiger partial charge in [-0.05, 0) is 44.8 Å². The molecule has 0 amide bonds. The van der Waals surface area contributed by atoms with Gasteiger partial charge in [0.1, 0.15) is 4.99 Å². The van der Waals surface area contributed by atoms with Crippen LogP contribution in [0.2, 0.25) is 0 Å². The molecule has 5 nitrogen and oxygen atoms in total. The number of likely N-dealkylation sites (tertiary alicyclic amines) is 1. The van der Waals surface area contributed by atoms with E-state index >= 15 is 0 Å². The first-order chi connectivity index (χ1) is 9.66. The van der Waals surface area contributed by atoms with E-state index in [0.29, 0.717) is 16.9 Å². The minimum Gasteiger partial charge on any atom is -0.389 e. The Morgan fingerprint density at radius 2 is 2.25 bits per heavy atom. The summed E-state index contributed by atoms with van der Waals surface area (Å²) in [4.78, 5) is 5.22. The second-order valence-corrected chi connectivity index (χ2v) is 6.26. The second-order valence-electron chi connectivity index (χ2n) is 5.82. The Labute approximate surface area is 125 Å². The molecule has 0 spiro atoms. The molecule has 2 unspecified atom stereocenters. The highest BCUT2D eigenvalue weighted by Gasteiger charge is 2.35. The van der Waals surface area contributed by atoms with Crippen LogP contribution in [0.25, 0.3) is 0 Å². The molecule has 20 heavy (non-hydrogen) atoms. The standard InChI is InChI=1S/C14H21N5S/c1-18-7-2-3-10-9-19(8-5-12(10)18)14-11(13(15)20)4-6-16-17-14/h4,6,10,12H,2-3,5,7-9H2,1H3,(H2,15,20). The number of anilines is 1. The maximum absolute atomic E-state index is 5.80. The van der Waals surface area contributed by atoms with Crippen molar-refractivity contribution >= 4 is 23.0 Å². The Balaban J connectivity index is 1.81. The first-order valence-electron chi connectivity index (χ1n) is 7.23. The van der Waals surface area contributed by atoms with E-state index in [4.69, 9.17) is 18.0 Å². The number of hydrogen-bond donors (Lipinski definition) is 1. The molecule has 0 radical (unpaired) electrons. The normalized spacial score (nSPS) is 27.1. The molecule has 2 N–H and O–H groups in total. The fourth-order valence-corrected chi connectivity index (χ4v) is 3.75. The lowest BCUT2D eigenvalue weighted by atomic mass is 9.84. The minimum atomic E-state index is 0.401. The van der Waals surface area contributed by atoms with Crippen LogP contribution in [-0.4, -0.2) is 52.8 Å². The highest BCUT2D eigenvalue weighted by molar-refractivity contribution is 7.80. The summed E-state index contributed by atoms with van der Waals surface area (Å²) in [6.07, 6.45) is 5.41. The van der Waals surface area contributed by atoms with Gasteiger partial charge in [0.2, 0.25) is 0 Å². The van der Waals surface area contributed by atoms with E-state index < -0.39 is 0 Å². The van der Waals surface area contributed by atoms with Gasteiger partial charge >= 0.3 is 0 Å². The summed E-state index contributed by atoms with van der Waals surface area (Å²) in [7, 11) is 2.25. The van der Waals surface area contributed by atoms with Crippen LogP contribution in [0.1, 0.15) is 24.8 Å². The molecule has 2 saturated heterocycles. The quantitative estimate of drug-likeness (QED) is 0.821. The second kappa shape index (κ2) is 5.61. The lowest BCUT2D eigenvalue weighted by Gasteiger charge is -2.46. The zero-order valence-electron chi connectivity index (χ0n) is 11.8. The first kappa shape index (κ1) is 13.7. The fourth-order valence-electron chi connectivity index (χ4n) is 3.60. The molecule has 1 aromatic rings. The van der Waals surface area contributed by atoms with Crippen LogP contribution in [0.15, 0.2) is 12.3 Å². The lowest BCUT2D eigenvalue weighted by Crippen LogP contribution is -2.53. The van der Waals surface area contributed by atoms with E-state index in [-0.39, 0.29) is 0 Å². The molecule has 0 bridgehead atoms. The number of aromatic nitrogens is 2. The Hall–Kier alpha value is -1.27. The molecule has 3 heterocycles. The molecule has 0 aromatic carbocycles. The summed E-state index contributed by atoms with van der Waals surface area (Å²) in [6.45, 7) is 3.26. The van der Waals surface area contributed by atoms with Crippen LogP contribution < -0.4 is 10.6 Å². The van der Waals surface area contributed by atoms with E-state index in [0.717, 1.165) is 24.5 Å². The van der Waals surface area contributed by atoms with Crippen LogP contribution in [0, 0.1) is 5.92 Å². The number of piperidine rings is 2. The summed E-state index contributed by atoms with van der Waals surface area (Å²) in [5, 5.41) is 8.28. The summed E-state index contributed by atoms with van der Waals surface area (Å²) in [5.74, 6) is 1.57. The lowest BCUT2D eigenvalue weighted by molar-refractivity contribution is 0.102. The minimum absolute atomic E-state index is 0.401. The summed E-state index contributed by atoms with van der Waals surface area (Å²) >= 11 is 5.13. The van der Waals surface area contributed by atoms with Gasteiger partial charge in [-0.1, -0.05) is 12.2 Å².